The Morgan fingerprint density at radius 1 is 0.697 bits per heavy atom. The summed E-state index contributed by atoms with van der Waals surface area (Å²) in [6, 6.07) is 7.51. The normalized spacial score (nSPS) is 10.8. The summed E-state index contributed by atoms with van der Waals surface area (Å²) < 4.78 is 5.00. The molecule has 1 rings (SSSR count). The van der Waals surface area contributed by atoms with Crippen LogP contribution in [0.25, 0.3) is 0 Å². The average Bonchev–Trinajstić information content (AvgIpc) is 2.81. The molecule has 0 atom stereocenters. The van der Waals surface area contributed by atoms with Gasteiger partial charge in [-0.15, -0.1) is 0 Å². The second-order valence-corrected chi connectivity index (χ2v) is 9.03. The Balaban J connectivity index is 1.80. The third-order valence-electron chi connectivity index (χ3n) is 6.04. The summed E-state index contributed by atoms with van der Waals surface area (Å²) in [6.07, 6.45) is 20.6. The number of unbranched alkanes of at least 4 members (excludes halogenated alkanes) is 15. The number of hydrogen-bond acceptors (Lipinski definition) is 4. The highest BCUT2D eigenvalue weighted by Gasteiger charge is 2.05. The van der Waals surface area contributed by atoms with Gasteiger partial charge in [0.15, 0.2) is 0 Å². The van der Waals surface area contributed by atoms with Crippen LogP contribution >= 0.6 is 0 Å². The Morgan fingerprint density at radius 3 is 1.55 bits per heavy atom. The van der Waals surface area contributed by atoms with Crippen LogP contribution < -0.4 is 5.32 Å². The molecule has 0 aliphatic rings. The van der Waals surface area contributed by atoms with Gasteiger partial charge in [-0.2, -0.15) is 0 Å². The number of esters is 1. The summed E-state index contributed by atoms with van der Waals surface area (Å²) in [5.74, 6) is -0.928. The maximum Gasteiger partial charge on any atom is 0.338 e. The van der Waals surface area contributed by atoms with E-state index in [9.17, 15) is 9.59 Å². The fourth-order valence-electron chi connectivity index (χ4n) is 4.05. The van der Waals surface area contributed by atoms with Crippen LogP contribution in [0.2, 0.25) is 0 Å². The first-order chi connectivity index (χ1) is 16.1. The zero-order chi connectivity index (χ0) is 24.0. The lowest BCUT2D eigenvalue weighted by molar-refractivity contribution is -0.137. The molecule has 5 nitrogen and oxygen atoms in total. The van der Waals surface area contributed by atoms with E-state index in [1.54, 1.807) is 0 Å². The topological polar surface area (TPSA) is 75.6 Å². The van der Waals surface area contributed by atoms with Crippen molar-refractivity contribution in [1.82, 2.24) is 0 Å². The van der Waals surface area contributed by atoms with E-state index in [4.69, 9.17) is 9.84 Å². The van der Waals surface area contributed by atoms with Gasteiger partial charge in [-0.05, 0) is 44.0 Å². The van der Waals surface area contributed by atoms with E-state index >= 15 is 0 Å². The number of carboxylic acids is 1. The Morgan fingerprint density at radius 2 is 1.12 bits per heavy atom. The molecule has 188 valence electrons. The molecule has 0 radical (unpaired) electrons. The van der Waals surface area contributed by atoms with Crippen molar-refractivity contribution in [3.63, 3.8) is 0 Å². The lowest BCUT2D eigenvalue weighted by atomic mass is 10.0. The highest BCUT2D eigenvalue weighted by Crippen LogP contribution is 2.15. The molecule has 33 heavy (non-hydrogen) atoms. The SMILES string of the molecule is CCOC(=O)c1ccc(NCCCCCCCCCCCCCCCCCCC(=O)O)cc1. The molecule has 5 heteroatoms. The van der Waals surface area contributed by atoms with E-state index in [-0.39, 0.29) is 5.97 Å². The molecule has 2 N–H and O–H groups in total. The van der Waals surface area contributed by atoms with E-state index in [1.807, 2.05) is 31.2 Å². The number of aliphatic carboxylic acids is 1. The van der Waals surface area contributed by atoms with E-state index in [1.165, 1.54) is 89.9 Å². The minimum Gasteiger partial charge on any atom is -0.481 e. The molecule has 0 bridgehead atoms. The Bertz CT molecular complexity index is 615. The minimum atomic E-state index is -0.667. The number of anilines is 1. The molecule has 0 aliphatic heterocycles. The summed E-state index contributed by atoms with van der Waals surface area (Å²) in [6.45, 7) is 3.19. The van der Waals surface area contributed by atoms with Crippen molar-refractivity contribution in [2.45, 2.75) is 116 Å². The number of rotatable bonds is 22. The summed E-state index contributed by atoms with van der Waals surface area (Å²) in [4.78, 5) is 22.1. The number of carbonyl (C=O) groups excluding carboxylic acids is 1. The third-order valence-corrected chi connectivity index (χ3v) is 6.04. The number of carboxylic acid groups (broad SMARTS) is 1. The predicted molar refractivity (Wildman–Crippen MR) is 137 cm³/mol. The Labute approximate surface area is 201 Å². The van der Waals surface area contributed by atoms with E-state index in [2.05, 4.69) is 5.32 Å². The van der Waals surface area contributed by atoms with Gasteiger partial charge in [-0.3, -0.25) is 4.79 Å². The van der Waals surface area contributed by atoms with Gasteiger partial charge in [0.2, 0.25) is 0 Å². The van der Waals surface area contributed by atoms with Crippen LogP contribution in [0.5, 0.6) is 0 Å². The van der Waals surface area contributed by atoms with Gasteiger partial charge >= 0.3 is 11.9 Å². The number of hydrogen-bond donors (Lipinski definition) is 2. The smallest absolute Gasteiger partial charge is 0.338 e. The molecule has 0 fully saturated rings. The Kier molecular flexibility index (Phi) is 18.1. The highest BCUT2D eigenvalue weighted by atomic mass is 16.5. The molecule has 0 saturated heterocycles. The number of ether oxygens (including phenoxy) is 1. The lowest BCUT2D eigenvalue weighted by Crippen LogP contribution is -2.05. The standard InChI is InChI=1S/C28H47NO4/c1-2-33-28(32)25-20-22-26(23-21-25)29-24-18-16-14-12-10-8-6-4-3-5-7-9-11-13-15-17-19-27(30)31/h20-23,29H,2-19,24H2,1H3,(H,30,31). The van der Waals surface area contributed by atoms with Crippen molar-refractivity contribution < 1.29 is 19.4 Å². The molecule has 1 aromatic rings. The van der Waals surface area contributed by atoms with E-state index in [0.717, 1.165) is 25.1 Å². The van der Waals surface area contributed by atoms with Gasteiger partial charge in [-0.1, -0.05) is 89.9 Å². The van der Waals surface area contributed by atoms with Crippen LogP contribution in [0, 0.1) is 0 Å². The van der Waals surface area contributed by atoms with Crippen LogP contribution in [0.15, 0.2) is 24.3 Å². The zero-order valence-electron chi connectivity index (χ0n) is 20.9. The number of carbonyl (C=O) groups is 2. The van der Waals surface area contributed by atoms with Crippen molar-refractivity contribution in [3.05, 3.63) is 29.8 Å². The van der Waals surface area contributed by atoms with Gasteiger partial charge in [0.25, 0.3) is 0 Å². The Hall–Kier alpha value is -2.04. The van der Waals surface area contributed by atoms with Crippen molar-refractivity contribution in [2.75, 3.05) is 18.5 Å². The average molecular weight is 462 g/mol. The van der Waals surface area contributed by atoms with Gasteiger partial charge in [0.1, 0.15) is 0 Å². The van der Waals surface area contributed by atoms with Gasteiger partial charge in [0, 0.05) is 18.7 Å². The fraction of sp³-hybridized carbons (Fsp3) is 0.714. The lowest BCUT2D eigenvalue weighted by Gasteiger charge is -2.07. The summed E-state index contributed by atoms with van der Waals surface area (Å²) in [5, 5.41) is 12.0. The summed E-state index contributed by atoms with van der Waals surface area (Å²) in [5.41, 5.74) is 1.66. The monoisotopic (exact) mass is 461 g/mol. The highest BCUT2D eigenvalue weighted by molar-refractivity contribution is 5.89. The molecule has 1 aromatic carbocycles. The van der Waals surface area contributed by atoms with Crippen LogP contribution in [0.3, 0.4) is 0 Å². The quantitative estimate of drug-likeness (QED) is 0.135. The van der Waals surface area contributed by atoms with Crippen LogP contribution in [-0.4, -0.2) is 30.2 Å². The maximum absolute atomic E-state index is 11.6. The van der Waals surface area contributed by atoms with Crippen LogP contribution in [0.4, 0.5) is 5.69 Å². The second-order valence-electron chi connectivity index (χ2n) is 9.03. The largest absolute Gasteiger partial charge is 0.481 e. The first-order valence-corrected chi connectivity index (χ1v) is 13.4. The molecule has 0 spiro atoms. The van der Waals surface area contributed by atoms with E-state index in [0.29, 0.717) is 18.6 Å². The van der Waals surface area contributed by atoms with Crippen molar-refractivity contribution in [2.24, 2.45) is 0 Å². The van der Waals surface area contributed by atoms with Crippen LogP contribution in [0.1, 0.15) is 126 Å². The fourth-order valence-corrected chi connectivity index (χ4v) is 4.05. The zero-order valence-corrected chi connectivity index (χ0v) is 20.9. The van der Waals surface area contributed by atoms with Gasteiger partial charge in [0.05, 0.1) is 12.2 Å². The molecular formula is C28H47NO4. The number of nitrogens with one attached hydrogen (secondary N) is 1. The molecule has 0 aromatic heterocycles. The molecule has 0 unspecified atom stereocenters. The van der Waals surface area contributed by atoms with Crippen molar-refractivity contribution >= 4 is 17.6 Å². The van der Waals surface area contributed by atoms with Gasteiger partial charge < -0.3 is 15.2 Å². The van der Waals surface area contributed by atoms with Crippen LogP contribution in [-0.2, 0) is 9.53 Å². The molecule has 0 saturated carbocycles. The van der Waals surface area contributed by atoms with Gasteiger partial charge in [-0.25, -0.2) is 4.79 Å². The molecule has 0 amide bonds. The maximum atomic E-state index is 11.6. The molecule has 0 heterocycles. The minimum absolute atomic E-state index is 0.262. The third kappa shape index (κ3) is 17.1. The first kappa shape index (κ1) is 29.0. The van der Waals surface area contributed by atoms with Crippen molar-refractivity contribution in [1.29, 1.82) is 0 Å². The second kappa shape index (κ2) is 20.6. The summed E-state index contributed by atoms with van der Waals surface area (Å²) >= 11 is 0. The first-order valence-electron chi connectivity index (χ1n) is 13.4. The molecular weight excluding hydrogens is 414 g/mol. The van der Waals surface area contributed by atoms with E-state index < -0.39 is 5.97 Å². The van der Waals surface area contributed by atoms with Crippen molar-refractivity contribution in [3.8, 4) is 0 Å². The summed E-state index contributed by atoms with van der Waals surface area (Å²) in [7, 11) is 0. The predicted octanol–water partition coefficient (Wildman–Crippen LogP) is 7.99. The molecule has 0 aliphatic carbocycles. The number of benzene rings is 1.